The third-order valence-corrected chi connectivity index (χ3v) is 4.51. The first-order valence-corrected chi connectivity index (χ1v) is 7.56. The summed E-state index contributed by atoms with van der Waals surface area (Å²) in [5.74, 6) is 2.38. The van der Waals surface area contributed by atoms with Crippen LogP contribution in [0.2, 0.25) is 0 Å². The van der Waals surface area contributed by atoms with E-state index in [9.17, 15) is 0 Å². The van der Waals surface area contributed by atoms with Crippen molar-refractivity contribution in [2.75, 3.05) is 25.0 Å². The molecule has 3 aromatic rings. The molecular formula is C14H18N8O. The van der Waals surface area contributed by atoms with Crippen LogP contribution in [0.4, 0.5) is 5.82 Å². The van der Waals surface area contributed by atoms with E-state index in [1.165, 1.54) is 6.33 Å². The van der Waals surface area contributed by atoms with Crippen molar-refractivity contribution in [1.29, 1.82) is 0 Å². The van der Waals surface area contributed by atoms with E-state index >= 15 is 0 Å². The second-order valence-corrected chi connectivity index (χ2v) is 5.89. The molecule has 4 rings (SSSR count). The molecule has 0 radical (unpaired) electrons. The van der Waals surface area contributed by atoms with Crippen LogP contribution in [0, 0.1) is 6.92 Å². The molecule has 0 N–H and O–H groups in total. The van der Waals surface area contributed by atoms with Gasteiger partial charge in [-0.3, -0.25) is 4.90 Å². The zero-order valence-corrected chi connectivity index (χ0v) is 13.3. The van der Waals surface area contributed by atoms with Crippen LogP contribution >= 0.6 is 0 Å². The van der Waals surface area contributed by atoms with Crippen molar-refractivity contribution in [3.05, 3.63) is 30.2 Å². The summed E-state index contributed by atoms with van der Waals surface area (Å²) in [6.07, 6.45) is 1.44. The number of nitrogens with zero attached hydrogens (tertiary/aromatic N) is 8. The largest absolute Gasteiger partial charge is 0.352 e. The van der Waals surface area contributed by atoms with Crippen LogP contribution in [0.3, 0.4) is 0 Å². The zero-order chi connectivity index (χ0) is 16.0. The predicted octanol–water partition coefficient (Wildman–Crippen LogP) is 0.697. The number of anilines is 1. The van der Waals surface area contributed by atoms with Crippen molar-refractivity contribution in [3.8, 4) is 0 Å². The fraction of sp³-hybridized carbons (Fsp3) is 0.500. The van der Waals surface area contributed by atoms with Gasteiger partial charge in [-0.05, 0) is 33.0 Å². The maximum Gasteiger partial charge on any atom is 0.243 e. The summed E-state index contributed by atoms with van der Waals surface area (Å²) < 4.78 is 6.92. The lowest BCUT2D eigenvalue weighted by atomic mass is 10.1. The van der Waals surface area contributed by atoms with Crippen LogP contribution in [-0.4, -0.2) is 61.0 Å². The summed E-state index contributed by atoms with van der Waals surface area (Å²) in [6.45, 7) is 5.79. The van der Waals surface area contributed by atoms with Gasteiger partial charge in [0.25, 0.3) is 0 Å². The molecule has 0 aliphatic carbocycles. The summed E-state index contributed by atoms with van der Waals surface area (Å²) in [5, 5.41) is 16.4. The van der Waals surface area contributed by atoms with Gasteiger partial charge >= 0.3 is 0 Å². The highest BCUT2D eigenvalue weighted by molar-refractivity contribution is 5.47. The van der Waals surface area contributed by atoms with Crippen LogP contribution in [0.5, 0.6) is 0 Å². The molecular weight excluding hydrogens is 296 g/mol. The number of likely N-dealkylation sites (N-methyl/N-ethyl adjacent to an activating group) is 1. The number of rotatable bonds is 4. The maximum absolute atomic E-state index is 5.15. The van der Waals surface area contributed by atoms with E-state index in [2.05, 4.69) is 49.2 Å². The molecule has 23 heavy (non-hydrogen) atoms. The molecule has 1 aliphatic heterocycles. The molecule has 1 atom stereocenters. The Labute approximate surface area is 132 Å². The molecule has 1 fully saturated rings. The first kappa shape index (κ1) is 14.1. The molecule has 9 nitrogen and oxygen atoms in total. The van der Waals surface area contributed by atoms with E-state index in [0.717, 1.165) is 30.4 Å². The Balaban J connectivity index is 1.45. The summed E-state index contributed by atoms with van der Waals surface area (Å²) in [5.41, 5.74) is 0.769. The molecule has 0 amide bonds. The lowest BCUT2D eigenvalue weighted by molar-refractivity contribution is 0.131. The van der Waals surface area contributed by atoms with Gasteiger partial charge in [-0.1, -0.05) is 5.16 Å². The summed E-state index contributed by atoms with van der Waals surface area (Å²) in [4.78, 5) is 8.62. The predicted molar refractivity (Wildman–Crippen MR) is 82.0 cm³/mol. The normalized spacial score (nSPS) is 17.0. The van der Waals surface area contributed by atoms with Crippen molar-refractivity contribution in [2.24, 2.45) is 0 Å². The quantitative estimate of drug-likeness (QED) is 0.695. The van der Waals surface area contributed by atoms with Crippen molar-refractivity contribution < 1.29 is 4.52 Å². The second kappa shape index (κ2) is 5.27. The molecule has 4 heterocycles. The first-order chi connectivity index (χ1) is 11.1. The third-order valence-electron chi connectivity index (χ3n) is 4.51. The third kappa shape index (κ3) is 2.33. The average Bonchev–Trinajstić information content (AvgIpc) is 3.15. The minimum Gasteiger partial charge on any atom is -0.352 e. The van der Waals surface area contributed by atoms with Gasteiger partial charge in [0.05, 0.1) is 6.04 Å². The van der Waals surface area contributed by atoms with E-state index in [4.69, 9.17) is 4.52 Å². The Morgan fingerprint density at radius 2 is 2.13 bits per heavy atom. The van der Waals surface area contributed by atoms with Crippen LogP contribution in [0.1, 0.15) is 24.7 Å². The molecule has 1 saturated heterocycles. The Bertz CT molecular complexity index is 807. The van der Waals surface area contributed by atoms with Crippen LogP contribution < -0.4 is 4.90 Å². The molecule has 1 unspecified atom stereocenters. The summed E-state index contributed by atoms with van der Waals surface area (Å²) in [7, 11) is 2.08. The highest BCUT2D eigenvalue weighted by Crippen LogP contribution is 2.26. The Morgan fingerprint density at radius 1 is 1.30 bits per heavy atom. The van der Waals surface area contributed by atoms with Gasteiger partial charge in [-0.25, -0.2) is 0 Å². The number of hydrogen-bond donors (Lipinski definition) is 0. The van der Waals surface area contributed by atoms with Crippen molar-refractivity contribution >= 4 is 11.5 Å². The van der Waals surface area contributed by atoms with Crippen LogP contribution in [0.15, 0.2) is 23.0 Å². The monoisotopic (exact) mass is 314 g/mol. The van der Waals surface area contributed by atoms with Crippen molar-refractivity contribution in [1.82, 2.24) is 34.9 Å². The maximum atomic E-state index is 5.15. The number of hydrogen-bond acceptors (Lipinski definition) is 8. The molecule has 9 heteroatoms. The summed E-state index contributed by atoms with van der Waals surface area (Å²) in [6, 6.07) is 4.46. The molecule has 0 spiro atoms. The summed E-state index contributed by atoms with van der Waals surface area (Å²) >= 11 is 0. The van der Waals surface area contributed by atoms with Gasteiger partial charge in [0, 0.05) is 19.1 Å². The number of fused-ring (bicyclic) bond motifs is 1. The van der Waals surface area contributed by atoms with Crippen molar-refractivity contribution in [3.63, 3.8) is 0 Å². The molecule has 3 aromatic heterocycles. The molecule has 120 valence electrons. The number of aromatic nitrogens is 6. The lowest BCUT2D eigenvalue weighted by Crippen LogP contribution is -2.59. The lowest BCUT2D eigenvalue weighted by Gasteiger charge is -2.45. The van der Waals surface area contributed by atoms with E-state index in [1.54, 1.807) is 4.52 Å². The van der Waals surface area contributed by atoms with Gasteiger partial charge in [-0.15, -0.1) is 15.3 Å². The van der Waals surface area contributed by atoms with E-state index < -0.39 is 0 Å². The van der Waals surface area contributed by atoms with Gasteiger partial charge in [0.15, 0.2) is 17.8 Å². The Hall–Kier alpha value is -2.55. The zero-order valence-electron chi connectivity index (χ0n) is 13.3. The average molecular weight is 314 g/mol. The molecule has 0 bridgehead atoms. The van der Waals surface area contributed by atoms with E-state index in [0.29, 0.717) is 11.9 Å². The first-order valence-electron chi connectivity index (χ1n) is 7.56. The minimum atomic E-state index is 0.0974. The van der Waals surface area contributed by atoms with Crippen LogP contribution in [0.25, 0.3) is 5.65 Å². The molecule has 0 aromatic carbocycles. The van der Waals surface area contributed by atoms with E-state index in [-0.39, 0.29) is 6.04 Å². The van der Waals surface area contributed by atoms with Gasteiger partial charge in [0.2, 0.25) is 5.89 Å². The Kier molecular flexibility index (Phi) is 3.22. The van der Waals surface area contributed by atoms with Gasteiger partial charge < -0.3 is 9.42 Å². The standard InChI is InChI=1S/C14H18N8O/c1-9(14-15-8-16-23-14)20(3)11-6-21(7-11)13-5-4-12-18-17-10(2)22(12)19-13/h4-5,8-9,11H,6-7H2,1-3H3. The topological polar surface area (TPSA) is 88.5 Å². The highest BCUT2D eigenvalue weighted by atomic mass is 16.5. The van der Waals surface area contributed by atoms with Crippen molar-refractivity contribution in [2.45, 2.75) is 25.9 Å². The fourth-order valence-corrected chi connectivity index (χ4v) is 2.81. The molecule has 1 aliphatic rings. The minimum absolute atomic E-state index is 0.0974. The van der Waals surface area contributed by atoms with E-state index in [1.807, 2.05) is 19.1 Å². The highest BCUT2D eigenvalue weighted by Gasteiger charge is 2.34. The fourth-order valence-electron chi connectivity index (χ4n) is 2.81. The second-order valence-electron chi connectivity index (χ2n) is 5.89. The Morgan fingerprint density at radius 3 is 2.87 bits per heavy atom. The number of aryl methyl sites for hydroxylation is 1. The van der Waals surface area contributed by atoms with Crippen LogP contribution in [-0.2, 0) is 0 Å². The smallest absolute Gasteiger partial charge is 0.243 e. The van der Waals surface area contributed by atoms with Gasteiger partial charge in [-0.2, -0.15) is 9.50 Å². The SMILES string of the molecule is Cc1nnc2ccc(N3CC(N(C)C(C)c4ncno4)C3)nn12. The molecule has 0 saturated carbocycles. The van der Waals surface area contributed by atoms with Gasteiger partial charge in [0.1, 0.15) is 5.82 Å².